The Morgan fingerprint density at radius 1 is 1.10 bits per heavy atom. The van der Waals surface area contributed by atoms with Crippen molar-refractivity contribution in [3.05, 3.63) is 0 Å². The van der Waals surface area contributed by atoms with Crippen molar-refractivity contribution in [1.29, 1.82) is 0 Å². The topological polar surface area (TPSA) is 38.7 Å². The van der Waals surface area contributed by atoms with E-state index in [-0.39, 0.29) is 6.10 Å². The fourth-order valence-corrected chi connectivity index (χ4v) is 2.80. The summed E-state index contributed by atoms with van der Waals surface area (Å²) in [5.41, 5.74) is 0. The van der Waals surface area contributed by atoms with E-state index in [9.17, 15) is 5.11 Å². The van der Waals surface area contributed by atoms with Crippen LogP contribution in [0.5, 0.6) is 0 Å². The molecule has 0 unspecified atom stereocenters. The Balaban J connectivity index is 2.28. The molecule has 20 heavy (non-hydrogen) atoms. The van der Waals surface area contributed by atoms with E-state index < -0.39 is 0 Å². The minimum Gasteiger partial charge on any atom is -0.390 e. The van der Waals surface area contributed by atoms with Gasteiger partial charge in [0.15, 0.2) is 0 Å². The molecule has 1 heterocycles. The van der Waals surface area contributed by atoms with Crippen LogP contribution < -0.4 is 5.32 Å². The van der Waals surface area contributed by atoms with Gasteiger partial charge in [0.1, 0.15) is 0 Å². The predicted octanol–water partition coefficient (Wildman–Crippen LogP) is 1.54. The third-order valence-corrected chi connectivity index (χ3v) is 4.03. The summed E-state index contributed by atoms with van der Waals surface area (Å²) in [5, 5.41) is 13.8. The van der Waals surface area contributed by atoms with Crippen LogP contribution >= 0.6 is 0 Å². The highest BCUT2D eigenvalue weighted by Crippen LogP contribution is 2.03. The quantitative estimate of drug-likeness (QED) is 0.639. The van der Waals surface area contributed by atoms with Gasteiger partial charge < -0.3 is 15.3 Å². The summed E-state index contributed by atoms with van der Waals surface area (Å²) in [6.07, 6.45) is 5.94. The van der Waals surface area contributed by atoms with Crippen LogP contribution in [0, 0.1) is 0 Å². The van der Waals surface area contributed by atoms with Crippen LogP contribution in [0.4, 0.5) is 0 Å². The van der Waals surface area contributed by atoms with Crippen LogP contribution in [0.3, 0.4) is 0 Å². The molecule has 0 bridgehead atoms. The van der Waals surface area contributed by atoms with Gasteiger partial charge in [-0.1, -0.05) is 26.7 Å². The Morgan fingerprint density at radius 3 is 2.45 bits per heavy atom. The summed E-state index contributed by atoms with van der Waals surface area (Å²) in [6.45, 7) is 12.8. The molecule has 0 aliphatic carbocycles. The number of nitrogens with zero attached hydrogens (tertiary/aromatic N) is 2. The fourth-order valence-electron chi connectivity index (χ4n) is 2.80. The molecule has 4 nitrogen and oxygen atoms in total. The smallest absolute Gasteiger partial charge is 0.0793 e. The lowest BCUT2D eigenvalue weighted by Gasteiger charge is -2.28. The van der Waals surface area contributed by atoms with Crippen molar-refractivity contribution < 1.29 is 5.11 Å². The Morgan fingerprint density at radius 2 is 1.80 bits per heavy atom. The van der Waals surface area contributed by atoms with Gasteiger partial charge in [-0.05, 0) is 45.4 Å². The molecule has 0 saturated carbocycles. The fraction of sp³-hybridized carbons (Fsp3) is 1.00. The number of nitrogens with one attached hydrogen (secondary N) is 1. The second-order valence-electron chi connectivity index (χ2n) is 6.07. The minimum absolute atomic E-state index is 0.207. The molecule has 1 saturated heterocycles. The molecule has 120 valence electrons. The molecule has 0 radical (unpaired) electrons. The molecule has 1 aliphatic heterocycles. The zero-order valence-corrected chi connectivity index (χ0v) is 13.6. The Kier molecular flexibility index (Phi) is 10.3. The summed E-state index contributed by atoms with van der Waals surface area (Å²) in [4.78, 5) is 4.86. The highest BCUT2D eigenvalue weighted by Gasteiger charge is 2.16. The molecule has 0 aromatic rings. The molecular formula is C16H35N3O. The number of rotatable bonds is 10. The normalized spacial score (nSPS) is 19.2. The Labute approximate surface area is 125 Å². The van der Waals surface area contributed by atoms with Gasteiger partial charge in [0.2, 0.25) is 0 Å². The van der Waals surface area contributed by atoms with Crippen molar-refractivity contribution in [2.75, 3.05) is 52.4 Å². The summed E-state index contributed by atoms with van der Waals surface area (Å²) in [6, 6.07) is 0. The maximum atomic E-state index is 10.4. The van der Waals surface area contributed by atoms with Gasteiger partial charge in [0.25, 0.3) is 0 Å². The zero-order chi connectivity index (χ0) is 14.6. The zero-order valence-electron chi connectivity index (χ0n) is 13.6. The maximum Gasteiger partial charge on any atom is 0.0793 e. The van der Waals surface area contributed by atoms with E-state index in [1.165, 1.54) is 32.1 Å². The minimum atomic E-state index is -0.207. The first kappa shape index (κ1) is 17.9. The largest absolute Gasteiger partial charge is 0.390 e. The Hall–Kier alpha value is -0.160. The number of hydrogen-bond acceptors (Lipinski definition) is 4. The van der Waals surface area contributed by atoms with Crippen LogP contribution in [0.2, 0.25) is 0 Å². The first-order chi connectivity index (χ1) is 9.76. The molecular weight excluding hydrogens is 250 g/mol. The summed E-state index contributed by atoms with van der Waals surface area (Å²) >= 11 is 0. The van der Waals surface area contributed by atoms with Crippen LogP contribution in [0.15, 0.2) is 0 Å². The van der Waals surface area contributed by atoms with Crippen molar-refractivity contribution in [3.8, 4) is 0 Å². The molecule has 0 spiro atoms. The highest BCUT2D eigenvalue weighted by molar-refractivity contribution is 4.72. The lowest BCUT2D eigenvalue weighted by Crippen LogP contribution is -2.42. The number of aliphatic hydroxyl groups excluding tert-OH is 1. The van der Waals surface area contributed by atoms with Crippen molar-refractivity contribution in [1.82, 2.24) is 15.1 Å². The molecule has 1 fully saturated rings. The van der Waals surface area contributed by atoms with Crippen molar-refractivity contribution in [2.45, 2.75) is 52.1 Å². The van der Waals surface area contributed by atoms with Crippen LogP contribution in [-0.2, 0) is 0 Å². The Bertz CT molecular complexity index is 210. The van der Waals surface area contributed by atoms with E-state index in [0.29, 0.717) is 0 Å². The van der Waals surface area contributed by atoms with E-state index >= 15 is 0 Å². The van der Waals surface area contributed by atoms with Crippen molar-refractivity contribution >= 4 is 0 Å². The third-order valence-electron chi connectivity index (χ3n) is 4.03. The average molecular weight is 285 g/mol. The van der Waals surface area contributed by atoms with Crippen molar-refractivity contribution in [2.24, 2.45) is 0 Å². The third kappa shape index (κ3) is 8.20. The van der Waals surface area contributed by atoms with Gasteiger partial charge in [-0.25, -0.2) is 0 Å². The molecule has 0 aromatic carbocycles. The molecule has 1 aliphatic rings. The molecule has 1 rings (SSSR count). The number of hydrogen-bond donors (Lipinski definition) is 2. The SMILES string of the molecule is CCCCN(CCCC)C[C@@H](O)CN1CCCNCC1. The second-order valence-corrected chi connectivity index (χ2v) is 6.07. The molecule has 4 heteroatoms. The van der Waals surface area contributed by atoms with E-state index in [0.717, 1.165) is 52.4 Å². The van der Waals surface area contributed by atoms with Crippen LogP contribution in [0.25, 0.3) is 0 Å². The molecule has 0 amide bonds. The van der Waals surface area contributed by atoms with Gasteiger partial charge in [-0.15, -0.1) is 0 Å². The summed E-state index contributed by atoms with van der Waals surface area (Å²) < 4.78 is 0. The highest BCUT2D eigenvalue weighted by atomic mass is 16.3. The molecule has 0 aromatic heterocycles. The maximum absolute atomic E-state index is 10.4. The van der Waals surface area contributed by atoms with Crippen molar-refractivity contribution in [3.63, 3.8) is 0 Å². The summed E-state index contributed by atoms with van der Waals surface area (Å²) in [7, 11) is 0. The predicted molar refractivity (Wildman–Crippen MR) is 86.2 cm³/mol. The molecule has 1 atom stereocenters. The van der Waals surface area contributed by atoms with Gasteiger partial charge >= 0.3 is 0 Å². The lowest BCUT2D eigenvalue weighted by molar-refractivity contribution is 0.0746. The van der Waals surface area contributed by atoms with E-state index in [1.54, 1.807) is 0 Å². The van der Waals surface area contributed by atoms with Gasteiger partial charge in [0.05, 0.1) is 6.10 Å². The monoisotopic (exact) mass is 285 g/mol. The molecule has 2 N–H and O–H groups in total. The van der Waals surface area contributed by atoms with E-state index in [2.05, 4.69) is 29.0 Å². The first-order valence-corrected chi connectivity index (χ1v) is 8.59. The number of aliphatic hydroxyl groups is 1. The van der Waals surface area contributed by atoms with E-state index in [4.69, 9.17) is 0 Å². The standard InChI is InChI=1S/C16H35N3O/c1-3-5-10-18(11-6-4-2)14-16(20)15-19-12-7-8-17-9-13-19/h16-17,20H,3-15H2,1-2H3/t16-/m1/s1. The van der Waals surface area contributed by atoms with E-state index in [1.807, 2.05) is 0 Å². The first-order valence-electron chi connectivity index (χ1n) is 8.59. The van der Waals surface area contributed by atoms with Gasteiger partial charge in [-0.3, -0.25) is 4.90 Å². The lowest BCUT2D eigenvalue weighted by atomic mass is 10.2. The average Bonchev–Trinajstić information content (AvgIpc) is 2.70. The van der Waals surface area contributed by atoms with Gasteiger partial charge in [0, 0.05) is 26.2 Å². The summed E-state index contributed by atoms with van der Waals surface area (Å²) in [5.74, 6) is 0. The second kappa shape index (κ2) is 11.5. The number of β-amino-alcohol motifs (C(OH)–C–C–N with tert-alkyl or cyclic N) is 1. The van der Waals surface area contributed by atoms with Gasteiger partial charge in [-0.2, -0.15) is 0 Å². The van der Waals surface area contributed by atoms with Crippen LogP contribution in [0.1, 0.15) is 46.0 Å². The van der Waals surface area contributed by atoms with Crippen LogP contribution in [-0.4, -0.2) is 73.4 Å². The number of unbranched alkanes of at least 4 members (excludes halogenated alkanes) is 2.